The number of nitrogens with zero attached hydrogens (tertiary/aromatic N) is 3. The van der Waals surface area contributed by atoms with Gasteiger partial charge in [-0.15, -0.1) is 0 Å². The zero-order valence-electron chi connectivity index (χ0n) is 9.95. The number of hydrogen-bond donors (Lipinski definition) is 1. The summed E-state index contributed by atoms with van der Waals surface area (Å²) in [7, 11) is 2.18. The summed E-state index contributed by atoms with van der Waals surface area (Å²) in [5.41, 5.74) is 8.77. The molecule has 4 nitrogen and oxygen atoms in total. The average Bonchev–Trinajstić information content (AvgIpc) is 2.84. The number of rotatable bonds is 1. The molecule has 1 atom stereocenters. The molecule has 2 heterocycles. The normalized spacial score (nSPS) is 25.9. The summed E-state index contributed by atoms with van der Waals surface area (Å²) in [5.74, 6) is 0.782. The molecule has 0 bridgehead atoms. The first-order valence-electron chi connectivity index (χ1n) is 6.30. The van der Waals surface area contributed by atoms with Gasteiger partial charge in [0.1, 0.15) is 5.82 Å². The zero-order valence-corrected chi connectivity index (χ0v) is 9.95. The molecular formula is C12H20N4. The van der Waals surface area contributed by atoms with Gasteiger partial charge in [0.2, 0.25) is 0 Å². The van der Waals surface area contributed by atoms with E-state index in [9.17, 15) is 0 Å². The van der Waals surface area contributed by atoms with Crippen molar-refractivity contribution in [2.24, 2.45) is 0 Å². The number of nitrogens with two attached hydrogens (primary N) is 1. The lowest BCUT2D eigenvalue weighted by Gasteiger charge is -2.18. The van der Waals surface area contributed by atoms with Crippen LogP contribution in [0.25, 0.3) is 0 Å². The van der Waals surface area contributed by atoms with Crippen molar-refractivity contribution >= 4 is 5.82 Å². The molecule has 1 unspecified atom stereocenters. The van der Waals surface area contributed by atoms with E-state index in [4.69, 9.17) is 5.73 Å². The van der Waals surface area contributed by atoms with Gasteiger partial charge in [-0.1, -0.05) is 0 Å². The maximum atomic E-state index is 6.02. The number of likely N-dealkylation sites (N-methyl/N-ethyl adjacent to an activating group) is 1. The molecule has 4 heteroatoms. The number of hydrogen-bond acceptors (Lipinski definition) is 3. The van der Waals surface area contributed by atoms with E-state index in [1.54, 1.807) is 0 Å². The fourth-order valence-corrected chi connectivity index (χ4v) is 3.07. The highest BCUT2D eigenvalue weighted by Gasteiger charge is 2.27. The number of nitrogen functional groups attached to an aromatic ring is 1. The Morgan fingerprint density at radius 2 is 2.12 bits per heavy atom. The van der Waals surface area contributed by atoms with E-state index < -0.39 is 0 Å². The summed E-state index contributed by atoms with van der Waals surface area (Å²) in [4.78, 5) is 2.37. The summed E-state index contributed by atoms with van der Waals surface area (Å²) in [5, 5.41) is 4.58. The number of anilines is 1. The molecule has 1 fully saturated rings. The third kappa shape index (κ3) is 1.52. The molecule has 0 spiro atoms. The van der Waals surface area contributed by atoms with Crippen molar-refractivity contribution in [3.05, 3.63) is 11.3 Å². The van der Waals surface area contributed by atoms with E-state index in [2.05, 4.69) is 21.7 Å². The summed E-state index contributed by atoms with van der Waals surface area (Å²) < 4.78 is 2.23. The van der Waals surface area contributed by atoms with Crippen LogP contribution in [0.3, 0.4) is 0 Å². The van der Waals surface area contributed by atoms with Gasteiger partial charge in [-0.2, -0.15) is 5.10 Å². The molecule has 2 N–H and O–H groups in total. The molecular weight excluding hydrogens is 200 g/mol. The fourth-order valence-electron chi connectivity index (χ4n) is 3.07. The van der Waals surface area contributed by atoms with Crippen LogP contribution in [-0.2, 0) is 12.8 Å². The third-order valence-electron chi connectivity index (χ3n) is 3.95. The van der Waals surface area contributed by atoms with Gasteiger partial charge in [0, 0.05) is 17.8 Å². The molecule has 0 aromatic carbocycles. The first-order valence-corrected chi connectivity index (χ1v) is 6.30. The lowest BCUT2D eigenvalue weighted by Crippen LogP contribution is -2.19. The van der Waals surface area contributed by atoms with E-state index in [0.29, 0.717) is 6.04 Å². The second-order valence-corrected chi connectivity index (χ2v) is 5.17. The minimum Gasteiger partial charge on any atom is -0.382 e. The van der Waals surface area contributed by atoms with Gasteiger partial charge in [0.05, 0.1) is 6.04 Å². The molecule has 1 aliphatic carbocycles. The van der Waals surface area contributed by atoms with Crippen molar-refractivity contribution in [2.45, 2.75) is 38.1 Å². The maximum absolute atomic E-state index is 6.02. The summed E-state index contributed by atoms with van der Waals surface area (Å²) >= 11 is 0. The van der Waals surface area contributed by atoms with E-state index in [1.165, 1.54) is 43.5 Å². The molecule has 1 aromatic heterocycles. The number of fused-ring (bicyclic) bond motifs is 1. The van der Waals surface area contributed by atoms with Crippen LogP contribution in [0.15, 0.2) is 0 Å². The van der Waals surface area contributed by atoms with Crippen molar-refractivity contribution in [3.63, 3.8) is 0 Å². The number of likely N-dealkylation sites (tertiary alicyclic amines) is 1. The highest BCUT2D eigenvalue weighted by atomic mass is 15.4. The van der Waals surface area contributed by atoms with E-state index >= 15 is 0 Å². The smallest absolute Gasteiger partial charge is 0.148 e. The Labute approximate surface area is 96.4 Å². The Kier molecular flexibility index (Phi) is 2.39. The Morgan fingerprint density at radius 3 is 2.88 bits per heavy atom. The fraction of sp³-hybridized carbons (Fsp3) is 0.750. The molecule has 16 heavy (non-hydrogen) atoms. The van der Waals surface area contributed by atoms with Crippen molar-refractivity contribution in [1.82, 2.24) is 14.7 Å². The second-order valence-electron chi connectivity index (χ2n) is 5.17. The molecule has 1 aromatic rings. The molecule has 1 aliphatic heterocycles. The Morgan fingerprint density at radius 1 is 1.31 bits per heavy atom. The largest absolute Gasteiger partial charge is 0.382 e. The van der Waals surface area contributed by atoms with Gasteiger partial charge in [-0.25, -0.2) is 0 Å². The van der Waals surface area contributed by atoms with Crippen molar-refractivity contribution in [1.29, 1.82) is 0 Å². The number of aromatic nitrogens is 2. The van der Waals surface area contributed by atoms with Gasteiger partial charge in [-0.05, 0) is 45.7 Å². The standard InChI is InChI=1S/C12H20N4/c1-15-7-6-9(8-15)16-11-5-3-2-4-10(11)12(13)14-16/h9H,2-8H2,1H3,(H2,13,14). The second kappa shape index (κ2) is 3.77. The van der Waals surface area contributed by atoms with Crippen LogP contribution in [0, 0.1) is 0 Å². The highest BCUT2D eigenvalue weighted by Crippen LogP contribution is 2.30. The topological polar surface area (TPSA) is 47.1 Å². The molecule has 3 rings (SSSR count). The van der Waals surface area contributed by atoms with Crippen LogP contribution in [0.2, 0.25) is 0 Å². The molecule has 0 amide bonds. The minimum absolute atomic E-state index is 0.550. The van der Waals surface area contributed by atoms with Crippen LogP contribution in [-0.4, -0.2) is 34.8 Å². The molecule has 0 saturated carbocycles. The van der Waals surface area contributed by atoms with E-state index in [0.717, 1.165) is 18.8 Å². The van der Waals surface area contributed by atoms with Crippen molar-refractivity contribution in [3.8, 4) is 0 Å². The van der Waals surface area contributed by atoms with Crippen LogP contribution in [0.1, 0.15) is 36.6 Å². The van der Waals surface area contributed by atoms with Crippen LogP contribution in [0.5, 0.6) is 0 Å². The SMILES string of the molecule is CN1CCC(n2nc(N)c3c2CCCC3)C1. The summed E-state index contributed by atoms with van der Waals surface area (Å²) in [6.45, 7) is 2.30. The van der Waals surface area contributed by atoms with Gasteiger partial charge in [0.25, 0.3) is 0 Å². The Balaban J connectivity index is 1.95. The van der Waals surface area contributed by atoms with Gasteiger partial charge >= 0.3 is 0 Å². The Bertz CT molecular complexity index is 396. The molecule has 1 saturated heterocycles. The summed E-state index contributed by atoms with van der Waals surface area (Å²) in [6.07, 6.45) is 6.07. The third-order valence-corrected chi connectivity index (χ3v) is 3.95. The molecule has 88 valence electrons. The predicted octanol–water partition coefficient (Wildman–Crippen LogP) is 1.22. The molecule has 2 aliphatic rings. The van der Waals surface area contributed by atoms with Crippen LogP contribution >= 0.6 is 0 Å². The molecule has 0 radical (unpaired) electrons. The van der Waals surface area contributed by atoms with Gasteiger partial charge < -0.3 is 10.6 Å². The lowest BCUT2D eigenvalue weighted by atomic mass is 9.97. The average molecular weight is 220 g/mol. The van der Waals surface area contributed by atoms with E-state index in [1.807, 2.05) is 0 Å². The van der Waals surface area contributed by atoms with Crippen molar-refractivity contribution in [2.75, 3.05) is 25.9 Å². The maximum Gasteiger partial charge on any atom is 0.148 e. The zero-order chi connectivity index (χ0) is 11.1. The lowest BCUT2D eigenvalue weighted by molar-refractivity contribution is 0.376. The monoisotopic (exact) mass is 220 g/mol. The van der Waals surface area contributed by atoms with Crippen LogP contribution in [0.4, 0.5) is 5.82 Å². The Hall–Kier alpha value is -1.03. The highest BCUT2D eigenvalue weighted by molar-refractivity contribution is 5.44. The first-order chi connectivity index (χ1) is 7.75. The van der Waals surface area contributed by atoms with Crippen molar-refractivity contribution < 1.29 is 0 Å². The predicted molar refractivity (Wildman–Crippen MR) is 64.4 cm³/mol. The quantitative estimate of drug-likeness (QED) is 0.774. The van der Waals surface area contributed by atoms with Gasteiger partial charge in [-0.3, -0.25) is 4.68 Å². The van der Waals surface area contributed by atoms with Gasteiger partial charge in [0.15, 0.2) is 0 Å². The van der Waals surface area contributed by atoms with E-state index in [-0.39, 0.29) is 0 Å². The first kappa shape index (κ1) is 10.1. The van der Waals surface area contributed by atoms with Crippen LogP contribution < -0.4 is 5.73 Å². The minimum atomic E-state index is 0.550. The summed E-state index contributed by atoms with van der Waals surface area (Å²) in [6, 6.07) is 0.550.